The van der Waals surface area contributed by atoms with Crippen LogP contribution in [0.4, 0.5) is 17.1 Å². The Labute approximate surface area is 196 Å². The third-order valence-corrected chi connectivity index (χ3v) is 5.40. The lowest BCUT2D eigenvalue weighted by atomic mass is 9.92. The topological polar surface area (TPSA) is 151 Å². The minimum absolute atomic E-state index is 0.288. The van der Waals surface area contributed by atoms with Crippen molar-refractivity contribution < 1.29 is 19.8 Å². The molecule has 8 N–H and O–H groups in total. The molecule has 1 atom stereocenters. The molecule has 0 bridgehead atoms. The Morgan fingerprint density at radius 2 is 1.41 bits per heavy atom. The maximum Gasteiger partial charge on any atom is 0.255 e. The second-order valence-corrected chi connectivity index (χ2v) is 7.97. The first kappa shape index (κ1) is 22.8. The third-order valence-electron chi connectivity index (χ3n) is 5.40. The smallest absolute Gasteiger partial charge is 0.255 e. The van der Waals surface area contributed by atoms with E-state index < -0.39 is 17.7 Å². The van der Waals surface area contributed by atoms with Gasteiger partial charge in [-0.15, -0.1) is 0 Å². The van der Waals surface area contributed by atoms with Crippen LogP contribution in [0, 0.1) is 0 Å². The van der Waals surface area contributed by atoms with Crippen molar-refractivity contribution >= 4 is 34.4 Å². The van der Waals surface area contributed by atoms with Gasteiger partial charge in [-0.05, 0) is 84.0 Å². The molecule has 0 fully saturated rings. The van der Waals surface area contributed by atoms with Crippen molar-refractivity contribution in [3.8, 4) is 0 Å². The third kappa shape index (κ3) is 5.15. The minimum Gasteiger partial charge on any atom is -0.399 e. The van der Waals surface area contributed by atoms with E-state index in [1.54, 1.807) is 78.9 Å². The summed E-state index contributed by atoms with van der Waals surface area (Å²) in [5.74, 6) is -3.04. The number of rotatable bonds is 5. The molecule has 0 heterocycles. The van der Waals surface area contributed by atoms with Crippen LogP contribution in [0.1, 0.15) is 26.3 Å². The number of amides is 2. The van der Waals surface area contributed by atoms with Gasteiger partial charge in [-0.2, -0.15) is 0 Å². The number of nitrogen functional groups attached to an aromatic ring is 2. The molecule has 0 radical (unpaired) electrons. The van der Waals surface area contributed by atoms with Gasteiger partial charge in [-0.1, -0.05) is 18.2 Å². The zero-order valence-electron chi connectivity index (χ0n) is 18.1. The zero-order valence-corrected chi connectivity index (χ0v) is 18.1. The van der Waals surface area contributed by atoms with E-state index in [-0.39, 0.29) is 5.91 Å². The Balaban J connectivity index is 1.53. The van der Waals surface area contributed by atoms with Crippen LogP contribution in [0.3, 0.4) is 0 Å². The molecule has 0 spiro atoms. The van der Waals surface area contributed by atoms with E-state index in [9.17, 15) is 19.8 Å². The zero-order chi connectivity index (χ0) is 24.3. The van der Waals surface area contributed by atoms with Gasteiger partial charge in [0.05, 0.1) is 0 Å². The van der Waals surface area contributed by atoms with E-state index >= 15 is 0 Å². The molecule has 3 aromatic carbocycles. The molecule has 4 rings (SSSR count). The highest BCUT2D eigenvalue weighted by atomic mass is 16.5. The molecule has 8 nitrogen and oxygen atoms in total. The number of anilines is 3. The normalized spacial score (nSPS) is 16.4. The lowest BCUT2D eigenvalue weighted by Crippen LogP contribution is -2.51. The summed E-state index contributed by atoms with van der Waals surface area (Å²) >= 11 is 0. The first-order valence-electron chi connectivity index (χ1n) is 10.5. The van der Waals surface area contributed by atoms with Crippen LogP contribution in [0.25, 0.3) is 5.57 Å². The van der Waals surface area contributed by atoms with Crippen molar-refractivity contribution in [3.63, 3.8) is 0 Å². The highest BCUT2D eigenvalue weighted by Crippen LogP contribution is 2.28. The number of hydrogen-bond donors (Lipinski definition) is 6. The number of allylic oxidation sites excluding steroid dienone is 2. The Bertz CT molecular complexity index is 1280. The van der Waals surface area contributed by atoms with E-state index in [1.807, 2.05) is 6.07 Å². The molecule has 0 saturated carbocycles. The molecule has 8 heteroatoms. The number of nitrogens with two attached hydrogens (primary N) is 2. The minimum atomic E-state index is -2.27. The van der Waals surface area contributed by atoms with Gasteiger partial charge in [0.1, 0.15) is 6.04 Å². The van der Waals surface area contributed by atoms with Gasteiger partial charge in [0.2, 0.25) is 5.79 Å². The molecule has 3 aromatic rings. The molecule has 2 amide bonds. The number of hydrogen-bond acceptors (Lipinski definition) is 6. The first-order valence-corrected chi connectivity index (χ1v) is 10.5. The average Bonchev–Trinajstić information content (AvgIpc) is 2.81. The lowest BCUT2D eigenvalue weighted by molar-refractivity contribution is -0.130. The fraction of sp³-hybridized carbons (Fsp3) is 0.0769. The van der Waals surface area contributed by atoms with Gasteiger partial charge >= 0.3 is 0 Å². The maximum atomic E-state index is 12.6. The van der Waals surface area contributed by atoms with Gasteiger partial charge in [0, 0.05) is 28.2 Å². The van der Waals surface area contributed by atoms with Crippen LogP contribution in [-0.2, 0) is 0 Å². The largest absolute Gasteiger partial charge is 0.399 e. The van der Waals surface area contributed by atoms with E-state index in [1.165, 1.54) is 6.08 Å². The predicted molar refractivity (Wildman–Crippen MR) is 132 cm³/mol. The highest BCUT2D eigenvalue weighted by molar-refractivity contribution is 6.04. The SMILES string of the molecule is Nc1ccc(C(=O)Nc2cccc(C3=CC(NC(=O)c4ccc(N)cc4)C(O)(O)C=C3)c2)cc1. The van der Waals surface area contributed by atoms with Crippen LogP contribution >= 0.6 is 0 Å². The van der Waals surface area contributed by atoms with Crippen molar-refractivity contribution in [2.45, 2.75) is 11.8 Å². The van der Waals surface area contributed by atoms with Crippen LogP contribution in [0.15, 0.2) is 91.0 Å². The summed E-state index contributed by atoms with van der Waals surface area (Å²) in [5, 5.41) is 26.2. The van der Waals surface area contributed by atoms with Gasteiger partial charge in [0.25, 0.3) is 11.8 Å². The van der Waals surface area contributed by atoms with Gasteiger partial charge < -0.3 is 32.3 Å². The Morgan fingerprint density at radius 1 is 0.824 bits per heavy atom. The number of carbonyl (C=O) groups is 2. The summed E-state index contributed by atoms with van der Waals surface area (Å²) in [6, 6.07) is 18.8. The van der Waals surface area contributed by atoms with Crippen molar-refractivity contribution in [1.29, 1.82) is 0 Å². The number of benzene rings is 3. The lowest BCUT2D eigenvalue weighted by Gasteiger charge is -2.30. The summed E-state index contributed by atoms with van der Waals surface area (Å²) in [6.45, 7) is 0. The highest BCUT2D eigenvalue weighted by Gasteiger charge is 2.34. The second-order valence-electron chi connectivity index (χ2n) is 7.97. The molecule has 0 aromatic heterocycles. The molecule has 1 unspecified atom stereocenters. The first-order chi connectivity index (χ1) is 16.2. The van der Waals surface area contributed by atoms with Gasteiger partial charge in [-0.3, -0.25) is 9.59 Å². The average molecular weight is 457 g/mol. The van der Waals surface area contributed by atoms with Crippen molar-refractivity contribution in [1.82, 2.24) is 5.32 Å². The van der Waals surface area contributed by atoms with Crippen molar-refractivity contribution in [2.75, 3.05) is 16.8 Å². The van der Waals surface area contributed by atoms with E-state index in [0.717, 1.165) is 0 Å². The quantitative estimate of drug-likeness (QED) is 0.256. The van der Waals surface area contributed by atoms with Crippen molar-refractivity contribution in [3.05, 3.63) is 108 Å². The van der Waals surface area contributed by atoms with E-state index in [0.29, 0.717) is 39.3 Å². The standard InChI is InChI=1S/C26H24N4O4/c27-20-8-4-16(5-9-20)24(31)29-22-3-1-2-18(14-22)19-12-13-26(33,34)23(15-19)30-25(32)17-6-10-21(28)11-7-17/h1-15,23,33-34H,27-28H2,(H,29,31)(H,30,32). The number of aliphatic hydroxyl groups is 2. The van der Waals surface area contributed by atoms with Crippen molar-refractivity contribution in [2.24, 2.45) is 0 Å². The molecule has 0 saturated heterocycles. The molecule has 1 aliphatic rings. The van der Waals surface area contributed by atoms with Crippen LogP contribution < -0.4 is 22.1 Å². The molecular formula is C26H24N4O4. The van der Waals surface area contributed by atoms with E-state index in [2.05, 4.69) is 10.6 Å². The molecule has 172 valence electrons. The summed E-state index contributed by atoms with van der Waals surface area (Å²) in [5.41, 5.74) is 15.1. The van der Waals surface area contributed by atoms with Crippen LogP contribution in [0.2, 0.25) is 0 Å². The monoisotopic (exact) mass is 456 g/mol. The number of nitrogens with one attached hydrogen (secondary N) is 2. The summed E-state index contributed by atoms with van der Waals surface area (Å²) in [6.07, 6.45) is 4.30. The molecular weight excluding hydrogens is 432 g/mol. The molecule has 34 heavy (non-hydrogen) atoms. The number of carbonyl (C=O) groups excluding carboxylic acids is 2. The van der Waals surface area contributed by atoms with Crippen LogP contribution in [0.5, 0.6) is 0 Å². The Hall–Kier alpha value is -4.40. The summed E-state index contributed by atoms with van der Waals surface area (Å²) in [7, 11) is 0. The van der Waals surface area contributed by atoms with E-state index in [4.69, 9.17) is 11.5 Å². The Morgan fingerprint density at radius 3 is 2.03 bits per heavy atom. The summed E-state index contributed by atoms with van der Waals surface area (Å²) < 4.78 is 0. The summed E-state index contributed by atoms with van der Waals surface area (Å²) in [4.78, 5) is 25.1. The Kier molecular flexibility index (Phi) is 6.18. The maximum absolute atomic E-state index is 12.6. The fourth-order valence-electron chi connectivity index (χ4n) is 3.49. The van der Waals surface area contributed by atoms with Gasteiger partial charge in [0.15, 0.2) is 0 Å². The van der Waals surface area contributed by atoms with Crippen LogP contribution in [-0.4, -0.2) is 33.9 Å². The predicted octanol–water partition coefficient (Wildman–Crippen LogP) is 2.54. The van der Waals surface area contributed by atoms with Gasteiger partial charge in [-0.25, -0.2) is 0 Å². The fourth-order valence-corrected chi connectivity index (χ4v) is 3.49. The molecule has 0 aliphatic heterocycles. The second kappa shape index (κ2) is 9.22. The molecule has 1 aliphatic carbocycles.